The number of carbonyl (C=O) groups excluding carboxylic acids is 1. The van der Waals surface area contributed by atoms with Gasteiger partial charge >= 0.3 is 5.97 Å². The summed E-state index contributed by atoms with van der Waals surface area (Å²) in [6, 6.07) is 0.251. The van der Waals surface area contributed by atoms with E-state index in [0.717, 1.165) is 13.1 Å². The summed E-state index contributed by atoms with van der Waals surface area (Å²) in [5.41, 5.74) is 0.0960. The molecule has 0 saturated heterocycles. The minimum absolute atomic E-state index is 0.0886. The number of hydrogen-bond donors (Lipinski definition) is 0. The largest absolute Gasteiger partial charge is 0.466 e. The standard InChI is InChI=1S/C13H27NO2/c1-7-14(8-2)11(13(4,5)6)10-12(15)16-9-3/h11H,7-10H2,1-6H3. The number of esters is 1. The van der Waals surface area contributed by atoms with Crippen LogP contribution >= 0.6 is 0 Å². The minimum Gasteiger partial charge on any atom is -0.466 e. The van der Waals surface area contributed by atoms with Gasteiger partial charge in [-0.05, 0) is 25.4 Å². The van der Waals surface area contributed by atoms with E-state index >= 15 is 0 Å². The van der Waals surface area contributed by atoms with E-state index in [2.05, 4.69) is 39.5 Å². The first kappa shape index (κ1) is 15.4. The molecule has 0 aliphatic carbocycles. The van der Waals surface area contributed by atoms with Gasteiger partial charge in [0.1, 0.15) is 0 Å². The fourth-order valence-electron chi connectivity index (χ4n) is 2.03. The highest BCUT2D eigenvalue weighted by Gasteiger charge is 2.31. The first-order chi connectivity index (χ1) is 7.36. The molecule has 0 spiro atoms. The molecule has 0 heterocycles. The van der Waals surface area contributed by atoms with Crippen molar-refractivity contribution >= 4 is 5.97 Å². The van der Waals surface area contributed by atoms with Crippen molar-refractivity contribution in [3.05, 3.63) is 0 Å². The van der Waals surface area contributed by atoms with Gasteiger partial charge in [0.05, 0.1) is 13.0 Å². The number of hydrogen-bond acceptors (Lipinski definition) is 3. The van der Waals surface area contributed by atoms with Gasteiger partial charge in [0, 0.05) is 6.04 Å². The Balaban J connectivity index is 4.62. The van der Waals surface area contributed by atoms with Crippen LogP contribution in [0.5, 0.6) is 0 Å². The highest BCUT2D eigenvalue weighted by Crippen LogP contribution is 2.27. The zero-order chi connectivity index (χ0) is 12.8. The highest BCUT2D eigenvalue weighted by molar-refractivity contribution is 5.70. The van der Waals surface area contributed by atoms with Crippen LogP contribution in [0.4, 0.5) is 0 Å². The van der Waals surface area contributed by atoms with E-state index < -0.39 is 0 Å². The van der Waals surface area contributed by atoms with Crippen LogP contribution in [0, 0.1) is 5.41 Å². The van der Waals surface area contributed by atoms with E-state index in [1.807, 2.05) is 6.92 Å². The van der Waals surface area contributed by atoms with Crippen LogP contribution in [-0.4, -0.2) is 36.6 Å². The molecule has 0 aliphatic rings. The minimum atomic E-state index is -0.0886. The van der Waals surface area contributed by atoms with Gasteiger partial charge < -0.3 is 4.74 Å². The highest BCUT2D eigenvalue weighted by atomic mass is 16.5. The fourth-order valence-corrected chi connectivity index (χ4v) is 2.03. The Morgan fingerprint density at radius 1 is 1.19 bits per heavy atom. The number of carbonyl (C=O) groups is 1. The molecule has 0 fully saturated rings. The van der Waals surface area contributed by atoms with Gasteiger partial charge in [0.15, 0.2) is 0 Å². The molecule has 0 aromatic rings. The Morgan fingerprint density at radius 3 is 2.00 bits per heavy atom. The first-order valence-corrected chi connectivity index (χ1v) is 6.26. The molecule has 0 bridgehead atoms. The Labute approximate surface area is 100 Å². The lowest BCUT2D eigenvalue weighted by atomic mass is 9.83. The Morgan fingerprint density at radius 2 is 1.69 bits per heavy atom. The first-order valence-electron chi connectivity index (χ1n) is 6.26. The predicted molar refractivity (Wildman–Crippen MR) is 67.4 cm³/mol. The third kappa shape index (κ3) is 4.97. The molecular formula is C13H27NO2. The summed E-state index contributed by atoms with van der Waals surface area (Å²) >= 11 is 0. The predicted octanol–water partition coefficient (Wildman–Crippen LogP) is 2.70. The van der Waals surface area contributed by atoms with Gasteiger partial charge in [-0.1, -0.05) is 34.6 Å². The van der Waals surface area contributed by atoms with Crippen LogP contribution in [-0.2, 0) is 9.53 Å². The summed E-state index contributed by atoms with van der Waals surface area (Å²) in [6.45, 7) is 15.0. The molecule has 96 valence electrons. The van der Waals surface area contributed by atoms with Crippen LogP contribution < -0.4 is 0 Å². The van der Waals surface area contributed by atoms with Crippen molar-refractivity contribution in [2.45, 2.75) is 54.0 Å². The molecular weight excluding hydrogens is 202 g/mol. The van der Waals surface area contributed by atoms with Gasteiger partial charge in [-0.2, -0.15) is 0 Å². The third-order valence-electron chi connectivity index (χ3n) is 2.92. The van der Waals surface area contributed by atoms with E-state index in [9.17, 15) is 4.79 Å². The van der Waals surface area contributed by atoms with Crippen LogP contribution in [0.3, 0.4) is 0 Å². The molecule has 0 aromatic heterocycles. The van der Waals surface area contributed by atoms with Crippen LogP contribution in [0.1, 0.15) is 48.0 Å². The second-order valence-corrected chi connectivity index (χ2v) is 5.11. The molecule has 0 rings (SSSR count). The van der Waals surface area contributed by atoms with Gasteiger partial charge in [0.25, 0.3) is 0 Å². The zero-order valence-electron chi connectivity index (χ0n) is 11.7. The molecule has 3 nitrogen and oxygen atoms in total. The van der Waals surface area contributed by atoms with Crippen molar-refractivity contribution in [2.24, 2.45) is 5.41 Å². The second-order valence-electron chi connectivity index (χ2n) is 5.11. The van der Waals surface area contributed by atoms with Crippen LogP contribution in [0.2, 0.25) is 0 Å². The van der Waals surface area contributed by atoms with Crippen LogP contribution in [0.15, 0.2) is 0 Å². The van der Waals surface area contributed by atoms with Crippen molar-refractivity contribution in [3.63, 3.8) is 0 Å². The summed E-state index contributed by atoms with van der Waals surface area (Å²) in [5.74, 6) is -0.0886. The average Bonchev–Trinajstić information content (AvgIpc) is 2.17. The monoisotopic (exact) mass is 229 g/mol. The SMILES string of the molecule is CCOC(=O)CC(N(CC)CC)C(C)(C)C. The van der Waals surface area contributed by atoms with E-state index in [1.54, 1.807) is 0 Å². The molecule has 0 N–H and O–H groups in total. The Bertz CT molecular complexity index is 204. The van der Waals surface area contributed by atoms with Crippen molar-refractivity contribution in [1.82, 2.24) is 4.90 Å². The molecule has 3 heteroatoms. The van der Waals surface area contributed by atoms with Crippen LogP contribution in [0.25, 0.3) is 0 Å². The van der Waals surface area contributed by atoms with Gasteiger partial charge in [-0.25, -0.2) is 0 Å². The topological polar surface area (TPSA) is 29.5 Å². The van der Waals surface area contributed by atoms with E-state index in [4.69, 9.17) is 4.74 Å². The lowest BCUT2D eigenvalue weighted by Crippen LogP contribution is -2.45. The van der Waals surface area contributed by atoms with E-state index in [0.29, 0.717) is 13.0 Å². The van der Waals surface area contributed by atoms with Crippen molar-refractivity contribution in [2.75, 3.05) is 19.7 Å². The fraction of sp³-hybridized carbons (Fsp3) is 0.923. The molecule has 1 atom stereocenters. The molecule has 0 aliphatic heterocycles. The lowest BCUT2D eigenvalue weighted by Gasteiger charge is -2.38. The molecule has 0 aromatic carbocycles. The summed E-state index contributed by atoms with van der Waals surface area (Å²) < 4.78 is 5.04. The molecule has 0 radical (unpaired) electrons. The van der Waals surface area contributed by atoms with Gasteiger partial charge in [-0.3, -0.25) is 9.69 Å². The number of ether oxygens (including phenoxy) is 1. The number of nitrogens with zero attached hydrogens (tertiary/aromatic N) is 1. The summed E-state index contributed by atoms with van der Waals surface area (Å²) in [4.78, 5) is 13.9. The Kier molecular flexibility index (Phi) is 6.65. The average molecular weight is 229 g/mol. The van der Waals surface area contributed by atoms with E-state index in [1.165, 1.54) is 0 Å². The molecule has 0 amide bonds. The van der Waals surface area contributed by atoms with Crippen molar-refractivity contribution < 1.29 is 9.53 Å². The zero-order valence-corrected chi connectivity index (χ0v) is 11.7. The van der Waals surface area contributed by atoms with Crippen molar-refractivity contribution in [1.29, 1.82) is 0 Å². The lowest BCUT2D eigenvalue weighted by molar-refractivity contribution is -0.145. The summed E-state index contributed by atoms with van der Waals surface area (Å²) in [7, 11) is 0. The molecule has 0 saturated carbocycles. The summed E-state index contributed by atoms with van der Waals surface area (Å²) in [6.07, 6.45) is 0.485. The quantitative estimate of drug-likeness (QED) is 0.656. The normalized spacial score (nSPS) is 13.9. The number of rotatable bonds is 6. The maximum atomic E-state index is 11.6. The third-order valence-corrected chi connectivity index (χ3v) is 2.92. The molecule has 1 unspecified atom stereocenters. The summed E-state index contributed by atoms with van der Waals surface area (Å²) in [5, 5.41) is 0. The second kappa shape index (κ2) is 6.89. The van der Waals surface area contributed by atoms with Gasteiger partial charge in [-0.15, -0.1) is 0 Å². The maximum Gasteiger partial charge on any atom is 0.307 e. The smallest absolute Gasteiger partial charge is 0.307 e. The molecule has 16 heavy (non-hydrogen) atoms. The Hall–Kier alpha value is -0.570. The van der Waals surface area contributed by atoms with Gasteiger partial charge in [0.2, 0.25) is 0 Å². The van der Waals surface area contributed by atoms with E-state index in [-0.39, 0.29) is 17.4 Å². The maximum absolute atomic E-state index is 11.6. The van der Waals surface area contributed by atoms with Crippen molar-refractivity contribution in [3.8, 4) is 0 Å².